The largest absolute Gasteiger partial charge is 0.380 e. The Bertz CT molecular complexity index is 534. The molecule has 18 heavy (non-hydrogen) atoms. The van der Waals surface area contributed by atoms with Crippen molar-refractivity contribution in [1.29, 1.82) is 0 Å². The number of ether oxygens (including phenoxy) is 1. The lowest BCUT2D eigenvalue weighted by atomic mass is 10.2. The standard InChI is InChI=1S/C14H19ClN2O/c1-4-18-8-7-17-13-6-5-11(15)9-12(13)16-14(17)10(2)3/h5-6,9-10H,4,7-8H2,1-3H3. The summed E-state index contributed by atoms with van der Waals surface area (Å²) in [5, 5.41) is 0.729. The molecule has 0 aliphatic carbocycles. The summed E-state index contributed by atoms with van der Waals surface area (Å²) in [5.74, 6) is 1.48. The zero-order chi connectivity index (χ0) is 13.1. The molecular formula is C14H19ClN2O. The molecule has 0 radical (unpaired) electrons. The van der Waals surface area contributed by atoms with Crippen LogP contribution in [0.15, 0.2) is 18.2 Å². The number of benzene rings is 1. The minimum absolute atomic E-state index is 0.387. The second-order valence-corrected chi connectivity index (χ2v) is 5.04. The maximum absolute atomic E-state index is 6.01. The van der Waals surface area contributed by atoms with E-state index in [1.807, 2.05) is 25.1 Å². The van der Waals surface area contributed by atoms with Crippen LogP contribution in [0.4, 0.5) is 0 Å². The molecule has 0 N–H and O–H groups in total. The molecular weight excluding hydrogens is 248 g/mol. The normalized spacial score (nSPS) is 11.6. The molecule has 1 aromatic carbocycles. The van der Waals surface area contributed by atoms with Crippen LogP contribution in [0.5, 0.6) is 0 Å². The van der Waals surface area contributed by atoms with Gasteiger partial charge in [0.05, 0.1) is 17.6 Å². The zero-order valence-corrected chi connectivity index (χ0v) is 11.9. The molecule has 2 aromatic rings. The Hall–Kier alpha value is -1.06. The van der Waals surface area contributed by atoms with Gasteiger partial charge in [-0.05, 0) is 25.1 Å². The fourth-order valence-corrected chi connectivity index (χ4v) is 2.26. The van der Waals surface area contributed by atoms with E-state index in [9.17, 15) is 0 Å². The van der Waals surface area contributed by atoms with Crippen LogP contribution in [0.25, 0.3) is 11.0 Å². The number of hydrogen-bond donors (Lipinski definition) is 0. The number of fused-ring (bicyclic) bond motifs is 1. The summed E-state index contributed by atoms with van der Waals surface area (Å²) >= 11 is 6.01. The molecule has 4 heteroatoms. The molecule has 0 atom stereocenters. The van der Waals surface area contributed by atoms with E-state index < -0.39 is 0 Å². The molecule has 3 nitrogen and oxygen atoms in total. The number of nitrogens with zero attached hydrogens (tertiary/aromatic N) is 2. The quantitative estimate of drug-likeness (QED) is 0.769. The van der Waals surface area contributed by atoms with Gasteiger partial charge < -0.3 is 9.30 Å². The first-order chi connectivity index (χ1) is 8.63. The van der Waals surface area contributed by atoms with E-state index in [0.29, 0.717) is 12.5 Å². The number of rotatable bonds is 5. The van der Waals surface area contributed by atoms with E-state index in [-0.39, 0.29) is 0 Å². The van der Waals surface area contributed by atoms with Gasteiger partial charge in [0.15, 0.2) is 0 Å². The van der Waals surface area contributed by atoms with Crippen molar-refractivity contribution in [1.82, 2.24) is 9.55 Å². The van der Waals surface area contributed by atoms with Crippen LogP contribution in [-0.2, 0) is 11.3 Å². The Labute approximate surface area is 113 Å². The van der Waals surface area contributed by atoms with E-state index in [1.165, 1.54) is 0 Å². The smallest absolute Gasteiger partial charge is 0.112 e. The maximum Gasteiger partial charge on any atom is 0.112 e. The van der Waals surface area contributed by atoms with Gasteiger partial charge in [-0.2, -0.15) is 0 Å². The second-order valence-electron chi connectivity index (χ2n) is 4.61. The van der Waals surface area contributed by atoms with Crippen LogP contribution in [-0.4, -0.2) is 22.8 Å². The summed E-state index contributed by atoms with van der Waals surface area (Å²) in [6.07, 6.45) is 0. The second kappa shape index (κ2) is 5.72. The minimum Gasteiger partial charge on any atom is -0.380 e. The molecule has 98 valence electrons. The topological polar surface area (TPSA) is 27.1 Å². The van der Waals surface area contributed by atoms with Gasteiger partial charge in [0.25, 0.3) is 0 Å². The Balaban J connectivity index is 2.42. The molecule has 0 saturated heterocycles. The van der Waals surface area contributed by atoms with Gasteiger partial charge >= 0.3 is 0 Å². The van der Waals surface area contributed by atoms with Crippen molar-refractivity contribution in [3.05, 3.63) is 29.0 Å². The van der Waals surface area contributed by atoms with Gasteiger partial charge in [0.2, 0.25) is 0 Å². The molecule has 0 spiro atoms. The summed E-state index contributed by atoms with van der Waals surface area (Å²) in [6, 6.07) is 5.86. The molecule has 0 amide bonds. The minimum atomic E-state index is 0.387. The lowest BCUT2D eigenvalue weighted by Crippen LogP contribution is -2.10. The highest BCUT2D eigenvalue weighted by molar-refractivity contribution is 6.31. The van der Waals surface area contributed by atoms with Gasteiger partial charge in [-0.1, -0.05) is 25.4 Å². The third-order valence-corrected chi connectivity index (χ3v) is 3.15. The van der Waals surface area contributed by atoms with Gasteiger partial charge in [0.1, 0.15) is 5.82 Å². The monoisotopic (exact) mass is 266 g/mol. The summed E-state index contributed by atoms with van der Waals surface area (Å²) in [7, 11) is 0. The van der Waals surface area contributed by atoms with Crippen molar-refractivity contribution >= 4 is 22.6 Å². The van der Waals surface area contributed by atoms with E-state index in [4.69, 9.17) is 16.3 Å². The van der Waals surface area contributed by atoms with Crippen LogP contribution in [0.1, 0.15) is 32.5 Å². The van der Waals surface area contributed by atoms with E-state index in [0.717, 1.165) is 35.0 Å². The van der Waals surface area contributed by atoms with Crippen molar-refractivity contribution in [3.63, 3.8) is 0 Å². The predicted octanol–water partition coefficient (Wildman–Crippen LogP) is 3.85. The summed E-state index contributed by atoms with van der Waals surface area (Å²) in [6.45, 7) is 8.61. The molecule has 1 heterocycles. The zero-order valence-electron chi connectivity index (χ0n) is 11.1. The number of hydrogen-bond acceptors (Lipinski definition) is 2. The van der Waals surface area contributed by atoms with Gasteiger partial charge in [-0.3, -0.25) is 0 Å². The fraction of sp³-hybridized carbons (Fsp3) is 0.500. The van der Waals surface area contributed by atoms with Crippen LogP contribution < -0.4 is 0 Å². The van der Waals surface area contributed by atoms with Crippen LogP contribution >= 0.6 is 11.6 Å². The Morgan fingerprint density at radius 2 is 2.17 bits per heavy atom. The van der Waals surface area contributed by atoms with Crippen molar-refractivity contribution in [2.24, 2.45) is 0 Å². The van der Waals surface area contributed by atoms with Crippen molar-refractivity contribution in [3.8, 4) is 0 Å². The highest BCUT2D eigenvalue weighted by atomic mass is 35.5. The summed E-state index contributed by atoms with van der Waals surface area (Å²) < 4.78 is 7.67. The maximum atomic E-state index is 6.01. The molecule has 2 rings (SSSR count). The molecule has 0 aliphatic heterocycles. The average Bonchev–Trinajstić information content (AvgIpc) is 2.68. The van der Waals surface area contributed by atoms with Crippen molar-refractivity contribution in [2.75, 3.05) is 13.2 Å². The van der Waals surface area contributed by atoms with Gasteiger partial charge in [-0.15, -0.1) is 0 Å². The lowest BCUT2D eigenvalue weighted by Gasteiger charge is -2.11. The van der Waals surface area contributed by atoms with E-state index >= 15 is 0 Å². The fourth-order valence-electron chi connectivity index (χ4n) is 2.10. The van der Waals surface area contributed by atoms with Crippen molar-refractivity contribution < 1.29 is 4.74 Å². The van der Waals surface area contributed by atoms with Crippen LogP contribution in [0.3, 0.4) is 0 Å². The highest BCUT2D eigenvalue weighted by Crippen LogP contribution is 2.24. The summed E-state index contributed by atoms with van der Waals surface area (Å²) in [5.41, 5.74) is 2.09. The lowest BCUT2D eigenvalue weighted by molar-refractivity contribution is 0.139. The molecule has 0 unspecified atom stereocenters. The van der Waals surface area contributed by atoms with Crippen molar-refractivity contribution in [2.45, 2.75) is 33.2 Å². The van der Waals surface area contributed by atoms with Gasteiger partial charge in [-0.25, -0.2) is 4.98 Å². The van der Waals surface area contributed by atoms with Crippen LogP contribution in [0, 0.1) is 0 Å². The third-order valence-electron chi connectivity index (χ3n) is 2.92. The first kappa shape index (κ1) is 13.4. The molecule has 0 bridgehead atoms. The molecule has 0 aliphatic rings. The number of halogens is 1. The third kappa shape index (κ3) is 2.68. The SMILES string of the molecule is CCOCCn1c(C(C)C)nc2cc(Cl)ccc21. The Morgan fingerprint density at radius 1 is 1.39 bits per heavy atom. The average molecular weight is 267 g/mol. The van der Waals surface area contributed by atoms with E-state index in [2.05, 4.69) is 23.4 Å². The van der Waals surface area contributed by atoms with Gasteiger partial charge in [0, 0.05) is 24.1 Å². The number of imidazole rings is 1. The van der Waals surface area contributed by atoms with E-state index in [1.54, 1.807) is 0 Å². The first-order valence-corrected chi connectivity index (χ1v) is 6.74. The first-order valence-electron chi connectivity index (χ1n) is 6.37. The molecule has 0 fully saturated rings. The molecule has 0 saturated carbocycles. The van der Waals surface area contributed by atoms with Crippen LogP contribution in [0.2, 0.25) is 5.02 Å². The Morgan fingerprint density at radius 3 is 2.83 bits per heavy atom. The predicted molar refractivity (Wildman–Crippen MR) is 75.3 cm³/mol. The Kier molecular flexibility index (Phi) is 4.25. The molecule has 1 aromatic heterocycles. The highest BCUT2D eigenvalue weighted by Gasteiger charge is 2.13. The number of aromatic nitrogens is 2. The summed E-state index contributed by atoms with van der Waals surface area (Å²) in [4.78, 5) is 4.67.